The molecule has 3 aliphatic rings. The van der Waals surface area contributed by atoms with Gasteiger partial charge in [0.25, 0.3) is 5.91 Å². The van der Waals surface area contributed by atoms with Crippen molar-refractivity contribution < 1.29 is 23.9 Å². The Hall–Kier alpha value is -2.41. The number of hydrogen-bond acceptors (Lipinski definition) is 5. The maximum atomic E-state index is 12.8. The van der Waals surface area contributed by atoms with Crippen molar-refractivity contribution >= 4 is 41.0 Å². The molecule has 2 saturated carbocycles. The minimum Gasteiger partial charge on any atom is -0.454 e. The predicted octanol–water partition coefficient (Wildman–Crippen LogP) is 2.55. The van der Waals surface area contributed by atoms with Crippen LogP contribution in [0, 0.1) is 30.6 Å². The highest BCUT2D eigenvalue weighted by Crippen LogP contribution is 2.56. The maximum absolute atomic E-state index is 12.8. The molecule has 7 nitrogen and oxygen atoms in total. The first-order valence-electron chi connectivity index (χ1n) is 9.87. The van der Waals surface area contributed by atoms with Crippen molar-refractivity contribution in [1.29, 1.82) is 0 Å². The number of nitrogens with zero attached hydrogens (tertiary/aromatic N) is 1. The lowest BCUT2D eigenvalue weighted by Crippen LogP contribution is -2.45. The quantitative estimate of drug-likeness (QED) is 0.586. The molecule has 1 saturated heterocycles. The van der Waals surface area contributed by atoms with Crippen molar-refractivity contribution in [2.75, 3.05) is 11.9 Å². The first-order chi connectivity index (χ1) is 13.8. The van der Waals surface area contributed by atoms with Gasteiger partial charge in [0.2, 0.25) is 11.8 Å². The van der Waals surface area contributed by atoms with Gasteiger partial charge in [-0.3, -0.25) is 19.3 Å². The van der Waals surface area contributed by atoms with Crippen molar-refractivity contribution in [1.82, 2.24) is 4.90 Å². The number of likely N-dealkylation sites (tertiary alicyclic amines) is 1. The van der Waals surface area contributed by atoms with E-state index in [0.29, 0.717) is 10.7 Å². The molecule has 3 amide bonds. The van der Waals surface area contributed by atoms with E-state index in [1.807, 2.05) is 6.92 Å². The zero-order valence-corrected chi connectivity index (χ0v) is 17.1. The Bertz CT molecular complexity index is 873. The van der Waals surface area contributed by atoms with E-state index in [1.165, 1.54) is 6.92 Å². The molecule has 1 aliphatic heterocycles. The molecule has 0 aromatic heterocycles. The molecule has 0 radical (unpaired) electrons. The molecule has 5 atom stereocenters. The number of carbonyl (C=O) groups is 4. The fourth-order valence-electron chi connectivity index (χ4n) is 5.04. The Labute approximate surface area is 173 Å². The van der Waals surface area contributed by atoms with E-state index in [0.717, 1.165) is 29.7 Å². The summed E-state index contributed by atoms with van der Waals surface area (Å²) in [5.41, 5.74) is 1.37. The molecule has 154 valence electrons. The molecule has 0 unspecified atom stereocenters. The zero-order valence-electron chi connectivity index (χ0n) is 16.3. The standard InChI is InChI=1S/C21H23ClN2O5/c1-10-3-6-14(8-15(10)22)23-16(25)9-29-21(28)11(2)24-19(26)17-12-4-5-13(7-12)18(17)20(24)27/h3,6,8,11-13,17-18H,4-5,7,9H2,1-2H3,(H,23,25)/t11-,12-,13-,17+,18+/m0/s1. The van der Waals surface area contributed by atoms with Gasteiger partial charge in [0.15, 0.2) is 6.61 Å². The molecule has 1 heterocycles. The second-order valence-corrected chi connectivity index (χ2v) is 8.63. The molecule has 1 aromatic carbocycles. The molecule has 8 heteroatoms. The van der Waals surface area contributed by atoms with E-state index >= 15 is 0 Å². The monoisotopic (exact) mass is 418 g/mol. The number of esters is 1. The van der Waals surface area contributed by atoms with Crippen LogP contribution in [0.5, 0.6) is 0 Å². The van der Waals surface area contributed by atoms with Gasteiger partial charge >= 0.3 is 5.97 Å². The van der Waals surface area contributed by atoms with Crippen LogP contribution in [-0.4, -0.2) is 41.2 Å². The van der Waals surface area contributed by atoms with Crippen LogP contribution in [0.25, 0.3) is 0 Å². The first-order valence-corrected chi connectivity index (χ1v) is 10.2. The van der Waals surface area contributed by atoms with Gasteiger partial charge in [-0.1, -0.05) is 17.7 Å². The van der Waals surface area contributed by atoms with E-state index in [-0.39, 0.29) is 35.5 Å². The highest BCUT2D eigenvalue weighted by atomic mass is 35.5. The molecular formula is C21H23ClN2O5. The lowest BCUT2D eigenvalue weighted by Gasteiger charge is -2.23. The molecule has 3 fully saturated rings. The van der Waals surface area contributed by atoms with Gasteiger partial charge in [0.05, 0.1) is 11.8 Å². The van der Waals surface area contributed by atoms with Gasteiger partial charge in [-0.05, 0) is 62.6 Å². The number of amides is 3. The number of ether oxygens (including phenoxy) is 1. The summed E-state index contributed by atoms with van der Waals surface area (Å²) < 4.78 is 5.06. The molecule has 1 N–H and O–H groups in total. The van der Waals surface area contributed by atoms with Gasteiger partial charge in [0, 0.05) is 10.7 Å². The van der Waals surface area contributed by atoms with Crippen LogP contribution in [0.3, 0.4) is 0 Å². The van der Waals surface area contributed by atoms with Crippen LogP contribution < -0.4 is 5.32 Å². The van der Waals surface area contributed by atoms with Crippen LogP contribution in [0.4, 0.5) is 5.69 Å². The number of aryl methyl sites for hydroxylation is 1. The number of benzene rings is 1. The van der Waals surface area contributed by atoms with Crippen LogP contribution in [-0.2, 0) is 23.9 Å². The van der Waals surface area contributed by atoms with E-state index in [9.17, 15) is 19.2 Å². The number of carbonyl (C=O) groups excluding carboxylic acids is 4. The average molecular weight is 419 g/mol. The molecule has 4 rings (SSSR count). The van der Waals surface area contributed by atoms with Crippen LogP contribution in [0.2, 0.25) is 5.02 Å². The second kappa shape index (κ2) is 7.44. The van der Waals surface area contributed by atoms with E-state index in [1.54, 1.807) is 18.2 Å². The lowest BCUT2D eigenvalue weighted by atomic mass is 9.81. The number of imide groups is 1. The van der Waals surface area contributed by atoms with Crippen molar-refractivity contribution in [3.8, 4) is 0 Å². The first kappa shape index (κ1) is 19.9. The number of nitrogens with one attached hydrogen (secondary N) is 1. The fraction of sp³-hybridized carbons (Fsp3) is 0.524. The average Bonchev–Trinajstić information content (AvgIpc) is 3.36. The fourth-order valence-corrected chi connectivity index (χ4v) is 5.22. The minimum atomic E-state index is -1.04. The van der Waals surface area contributed by atoms with E-state index in [4.69, 9.17) is 16.3 Å². The summed E-state index contributed by atoms with van der Waals surface area (Å²) in [5, 5.41) is 3.11. The molecule has 1 aromatic rings. The number of hydrogen-bond donors (Lipinski definition) is 1. The maximum Gasteiger partial charge on any atom is 0.329 e. The predicted molar refractivity (Wildman–Crippen MR) is 105 cm³/mol. The van der Waals surface area contributed by atoms with E-state index in [2.05, 4.69) is 5.32 Å². The SMILES string of the molecule is Cc1ccc(NC(=O)COC(=O)[C@H](C)N2C(=O)[C@@H]3[C@H]4CC[C@@H](C4)[C@H]3C2=O)cc1Cl. The summed E-state index contributed by atoms with van der Waals surface area (Å²) in [4.78, 5) is 51.1. The largest absolute Gasteiger partial charge is 0.454 e. The molecule has 0 spiro atoms. The highest BCUT2D eigenvalue weighted by Gasteiger charge is 2.62. The van der Waals surface area contributed by atoms with Gasteiger partial charge in [0.1, 0.15) is 6.04 Å². The summed E-state index contributed by atoms with van der Waals surface area (Å²) in [5.74, 6) is -1.90. The third-order valence-corrected chi connectivity index (χ3v) is 6.90. The Kier molecular flexibility index (Phi) is 5.11. The summed E-state index contributed by atoms with van der Waals surface area (Å²) in [6, 6.07) is 4.02. The minimum absolute atomic E-state index is 0.252. The summed E-state index contributed by atoms with van der Waals surface area (Å²) in [6.07, 6.45) is 2.88. The second-order valence-electron chi connectivity index (χ2n) is 8.23. The Morgan fingerprint density at radius 3 is 2.41 bits per heavy atom. The highest BCUT2D eigenvalue weighted by molar-refractivity contribution is 6.31. The van der Waals surface area contributed by atoms with Crippen LogP contribution in [0.1, 0.15) is 31.7 Å². The van der Waals surface area contributed by atoms with Gasteiger partial charge < -0.3 is 10.1 Å². The lowest BCUT2D eigenvalue weighted by molar-refractivity contribution is -0.159. The summed E-state index contributed by atoms with van der Waals surface area (Å²) in [7, 11) is 0. The van der Waals surface area contributed by atoms with Gasteiger partial charge in [-0.15, -0.1) is 0 Å². The summed E-state index contributed by atoms with van der Waals surface area (Å²) >= 11 is 6.03. The topological polar surface area (TPSA) is 92.8 Å². The molecule has 2 aliphatic carbocycles. The van der Waals surface area contributed by atoms with Crippen molar-refractivity contribution in [3.63, 3.8) is 0 Å². The summed E-state index contributed by atoms with van der Waals surface area (Å²) in [6.45, 7) is 2.80. The number of anilines is 1. The Morgan fingerprint density at radius 1 is 1.21 bits per heavy atom. The van der Waals surface area contributed by atoms with Crippen molar-refractivity contribution in [2.24, 2.45) is 23.7 Å². The Morgan fingerprint density at radius 2 is 1.83 bits per heavy atom. The van der Waals surface area contributed by atoms with Crippen molar-refractivity contribution in [3.05, 3.63) is 28.8 Å². The molecular weight excluding hydrogens is 396 g/mol. The third-order valence-electron chi connectivity index (χ3n) is 6.49. The van der Waals surface area contributed by atoms with Crippen LogP contribution in [0.15, 0.2) is 18.2 Å². The molecule has 2 bridgehead atoms. The Balaban J connectivity index is 1.34. The smallest absolute Gasteiger partial charge is 0.329 e. The van der Waals surface area contributed by atoms with Gasteiger partial charge in [-0.2, -0.15) is 0 Å². The number of fused-ring (bicyclic) bond motifs is 5. The zero-order chi connectivity index (χ0) is 20.9. The third kappa shape index (κ3) is 3.41. The van der Waals surface area contributed by atoms with Crippen molar-refractivity contribution in [2.45, 2.75) is 39.2 Å². The van der Waals surface area contributed by atoms with Gasteiger partial charge in [-0.25, -0.2) is 4.79 Å². The number of halogens is 1. The van der Waals surface area contributed by atoms with Crippen LogP contribution >= 0.6 is 11.6 Å². The number of rotatable bonds is 5. The normalized spacial score (nSPS) is 28.4. The van der Waals surface area contributed by atoms with E-state index < -0.39 is 24.5 Å². The molecule has 29 heavy (non-hydrogen) atoms.